The Labute approximate surface area is 187 Å². The second-order valence-corrected chi connectivity index (χ2v) is 7.66. The molecule has 5 nitrogen and oxygen atoms in total. The van der Waals surface area contributed by atoms with Crippen molar-refractivity contribution in [1.82, 2.24) is 14.9 Å². The molecule has 1 amide bonds. The fraction of sp³-hybridized carbons (Fsp3) is 0.148. The van der Waals surface area contributed by atoms with E-state index >= 15 is 0 Å². The van der Waals surface area contributed by atoms with Crippen LogP contribution in [0, 0.1) is 0 Å². The predicted molar refractivity (Wildman–Crippen MR) is 126 cm³/mol. The number of nitrogens with zero attached hydrogens (tertiary/aromatic N) is 2. The maximum atomic E-state index is 12.8. The van der Waals surface area contributed by atoms with E-state index in [1.807, 2.05) is 48.5 Å². The van der Waals surface area contributed by atoms with Crippen molar-refractivity contribution in [3.8, 4) is 0 Å². The quantitative estimate of drug-likeness (QED) is 0.461. The molecule has 2 heterocycles. The molecule has 0 fully saturated rings. The van der Waals surface area contributed by atoms with Gasteiger partial charge in [-0.3, -0.25) is 14.6 Å². The molecule has 4 aromatic rings. The minimum Gasteiger partial charge on any atom is -0.352 e. The standard InChI is InChI=1S/C27H25N3O2/c31-26-14-13-24(20-30(26)19-21-8-7-16-28-18-21)27(32)29-17-15-25(22-9-3-1-4-10-22)23-11-5-2-6-12-23/h1-14,16,18,20,25H,15,17,19H2,(H,29,32). The molecule has 0 atom stereocenters. The van der Waals surface area contributed by atoms with Crippen LogP contribution in [0.2, 0.25) is 0 Å². The number of hydrogen-bond donors (Lipinski definition) is 1. The Morgan fingerprint density at radius 2 is 1.56 bits per heavy atom. The van der Waals surface area contributed by atoms with Crippen LogP contribution in [0.15, 0.2) is 108 Å². The number of amides is 1. The normalized spacial score (nSPS) is 10.8. The van der Waals surface area contributed by atoms with Crippen LogP contribution >= 0.6 is 0 Å². The summed E-state index contributed by atoms with van der Waals surface area (Å²) in [7, 11) is 0. The van der Waals surface area contributed by atoms with Crippen LogP contribution in [0.25, 0.3) is 0 Å². The molecule has 2 aromatic carbocycles. The van der Waals surface area contributed by atoms with Gasteiger partial charge in [-0.15, -0.1) is 0 Å². The number of aromatic nitrogens is 2. The minimum atomic E-state index is -0.190. The highest BCUT2D eigenvalue weighted by molar-refractivity contribution is 5.93. The van der Waals surface area contributed by atoms with Crippen LogP contribution in [-0.2, 0) is 6.54 Å². The van der Waals surface area contributed by atoms with Gasteiger partial charge < -0.3 is 9.88 Å². The fourth-order valence-corrected chi connectivity index (χ4v) is 3.81. The number of benzene rings is 2. The molecule has 0 saturated carbocycles. The molecule has 0 spiro atoms. The van der Waals surface area contributed by atoms with E-state index in [0.29, 0.717) is 18.7 Å². The molecule has 1 N–H and O–H groups in total. The zero-order valence-electron chi connectivity index (χ0n) is 17.7. The average molecular weight is 424 g/mol. The van der Waals surface area contributed by atoms with Gasteiger partial charge in [0, 0.05) is 37.1 Å². The second-order valence-electron chi connectivity index (χ2n) is 7.66. The lowest BCUT2D eigenvalue weighted by Crippen LogP contribution is -2.28. The Hall–Kier alpha value is -3.99. The van der Waals surface area contributed by atoms with E-state index in [4.69, 9.17) is 0 Å². The highest BCUT2D eigenvalue weighted by atomic mass is 16.2. The third-order valence-corrected chi connectivity index (χ3v) is 5.44. The SMILES string of the molecule is O=C(NCCC(c1ccccc1)c1ccccc1)c1ccc(=O)n(Cc2cccnc2)c1. The lowest BCUT2D eigenvalue weighted by molar-refractivity contribution is 0.0952. The Kier molecular flexibility index (Phi) is 6.88. The number of carbonyl (C=O) groups excluding carboxylic acids is 1. The van der Waals surface area contributed by atoms with Gasteiger partial charge in [-0.1, -0.05) is 66.7 Å². The van der Waals surface area contributed by atoms with E-state index in [0.717, 1.165) is 12.0 Å². The maximum absolute atomic E-state index is 12.8. The van der Waals surface area contributed by atoms with Crippen molar-refractivity contribution in [2.75, 3.05) is 6.54 Å². The van der Waals surface area contributed by atoms with Gasteiger partial charge in [-0.2, -0.15) is 0 Å². The van der Waals surface area contributed by atoms with Crippen molar-refractivity contribution in [1.29, 1.82) is 0 Å². The van der Waals surface area contributed by atoms with Crippen molar-refractivity contribution in [2.24, 2.45) is 0 Å². The molecular weight excluding hydrogens is 398 g/mol. The molecular formula is C27H25N3O2. The van der Waals surface area contributed by atoms with Gasteiger partial charge in [0.05, 0.1) is 12.1 Å². The molecule has 0 aliphatic rings. The first-order valence-corrected chi connectivity index (χ1v) is 10.7. The highest BCUT2D eigenvalue weighted by Gasteiger charge is 2.15. The van der Waals surface area contributed by atoms with Crippen molar-refractivity contribution in [3.05, 3.63) is 136 Å². The van der Waals surface area contributed by atoms with E-state index in [1.165, 1.54) is 21.8 Å². The van der Waals surface area contributed by atoms with Gasteiger partial charge in [0.15, 0.2) is 0 Å². The third kappa shape index (κ3) is 5.38. The summed E-state index contributed by atoms with van der Waals surface area (Å²) in [6.45, 7) is 0.896. The van der Waals surface area contributed by atoms with Gasteiger partial charge in [0.2, 0.25) is 0 Å². The summed E-state index contributed by atoms with van der Waals surface area (Å²) >= 11 is 0. The van der Waals surface area contributed by atoms with Crippen LogP contribution in [0.4, 0.5) is 0 Å². The van der Waals surface area contributed by atoms with Crippen molar-refractivity contribution >= 4 is 5.91 Å². The molecule has 0 bridgehead atoms. The summed E-state index contributed by atoms with van der Waals surface area (Å²) in [5.74, 6) is 0.00189. The lowest BCUT2D eigenvalue weighted by atomic mass is 9.88. The van der Waals surface area contributed by atoms with Crippen LogP contribution < -0.4 is 10.9 Å². The van der Waals surface area contributed by atoms with Crippen LogP contribution in [-0.4, -0.2) is 22.0 Å². The summed E-state index contributed by atoms with van der Waals surface area (Å²) < 4.78 is 1.53. The first-order valence-electron chi connectivity index (χ1n) is 10.7. The maximum Gasteiger partial charge on any atom is 0.252 e. The molecule has 32 heavy (non-hydrogen) atoms. The summed E-state index contributed by atoms with van der Waals surface area (Å²) in [5.41, 5.74) is 3.65. The summed E-state index contributed by atoms with van der Waals surface area (Å²) in [5, 5.41) is 3.01. The Balaban J connectivity index is 1.44. The van der Waals surface area contributed by atoms with E-state index in [1.54, 1.807) is 24.7 Å². The van der Waals surface area contributed by atoms with Gasteiger partial charge in [-0.05, 0) is 35.2 Å². The summed E-state index contributed by atoms with van der Waals surface area (Å²) in [4.78, 5) is 29.1. The molecule has 0 radical (unpaired) electrons. The number of rotatable bonds is 8. The Morgan fingerprint density at radius 1 is 0.875 bits per heavy atom. The monoisotopic (exact) mass is 423 g/mol. The average Bonchev–Trinajstić information content (AvgIpc) is 2.85. The first kappa shape index (κ1) is 21.2. The predicted octanol–water partition coefficient (Wildman–Crippen LogP) is 4.24. The van der Waals surface area contributed by atoms with Crippen LogP contribution in [0.5, 0.6) is 0 Å². The van der Waals surface area contributed by atoms with Crippen molar-refractivity contribution in [3.63, 3.8) is 0 Å². The van der Waals surface area contributed by atoms with Gasteiger partial charge >= 0.3 is 0 Å². The zero-order valence-corrected chi connectivity index (χ0v) is 17.7. The fourth-order valence-electron chi connectivity index (χ4n) is 3.81. The van der Waals surface area contributed by atoms with E-state index in [-0.39, 0.29) is 17.4 Å². The Morgan fingerprint density at radius 3 is 2.19 bits per heavy atom. The number of carbonyl (C=O) groups is 1. The molecule has 0 unspecified atom stereocenters. The highest BCUT2D eigenvalue weighted by Crippen LogP contribution is 2.27. The van der Waals surface area contributed by atoms with Gasteiger partial charge in [0.25, 0.3) is 11.5 Å². The van der Waals surface area contributed by atoms with E-state index in [9.17, 15) is 9.59 Å². The zero-order chi connectivity index (χ0) is 22.2. The van der Waals surface area contributed by atoms with E-state index < -0.39 is 0 Å². The molecule has 0 aliphatic carbocycles. The summed E-state index contributed by atoms with van der Waals surface area (Å²) in [6, 6.07) is 27.4. The lowest BCUT2D eigenvalue weighted by Gasteiger charge is -2.18. The van der Waals surface area contributed by atoms with Crippen LogP contribution in [0.3, 0.4) is 0 Å². The number of hydrogen-bond acceptors (Lipinski definition) is 3. The molecule has 2 aromatic heterocycles. The third-order valence-electron chi connectivity index (χ3n) is 5.44. The van der Waals surface area contributed by atoms with Gasteiger partial charge in [-0.25, -0.2) is 0 Å². The summed E-state index contributed by atoms with van der Waals surface area (Å²) in [6.07, 6.45) is 5.78. The van der Waals surface area contributed by atoms with Gasteiger partial charge in [0.1, 0.15) is 0 Å². The Bertz CT molecular complexity index is 1170. The smallest absolute Gasteiger partial charge is 0.252 e. The van der Waals surface area contributed by atoms with Crippen molar-refractivity contribution < 1.29 is 4.79 Å². The largest absolute Gasteiger partial charge is 0.352 e. The van der Waals surface area contributed by atoms with Crippen LogP contribution in [0.1, 0.15) is 39.4 Å². The molecule has 0 saturated heterocycles. The van der Waals surface area contributed by atoms with Crippen molar-refractivity contribution in [2.45, 2.75) is 18.9 Å². The van der Waals surface area contributed by atoms with E-state index in [2.05, 4.69) is 34.6 Å². The topological polar surface area (TPSA) is 64.0 Å². The second kappa shape index (κ2) is 10.4. The first-order chi connectivity index (χ1) is 15.7. The minimum absolute atomic E-state index is 0.154. The molecule has 4 rings (SSSR count). The number of pyridine rings is 2. The molecule has 160 valence electrons. The molecule has 5 heteroatoms. The number of nitrogens with one attached hydrogen (secondary N) is 1. The molecule has 0 aliphatic heterocycles.